The third kappa shape index (κ3) is 3.85. The Kier molecular flexibility index (Phi) is 4.66. The summed E-state index contributed by atoms with van der Waals surface area (Å²) in [6.45, 7) is -0.183. The van der Waals surface area contributed by atoms with Crippen LogP contribution in [0.25, 0.3) is 0 Å². The van der Waals surface area contributed by atoms with Crippen LogP contribution >= 0.6 is 22.3 Å². The van der Waals surface area contributed by atoms with Gasteiger partial charge in [-0.3, -0.25) is 4.79 Å². The van der Waals surface area contributed by atoms with Gasteiger partial charge in [-0.05, 0) is 12.1 Å². The van der Waals surface area contributed by atoms with Gasteiger partial charge in [0.15, 0.2) is 0 Å². The predicted octanol–water partition coefficient (Wildman–Crippen LogP) is 3.28. The molecule has 122 valence electrons. The molecule has 0 aliphatic carbocycles. The summed E-state index contributed by atoms with van der Waals surface area (Å²) in [4.78, 5) is 12.8. The van der Waals surface area contributed by atoms with E-state index in [2.05, 4.69) is 0 Å². The zero-order valence-electron chi connectivity index (χ0n) is 10.9. The van der Waals surface area contributed by atoms with Gasteiger partial charge in [0, 0.05) is 29.6 Å². The number of carbonyl (C=O) groups excluding carboxylic acids is 1. The Bertz CT molecular complexity index is 706. The summed E-state index contributed by atoms with van der Waals surface area (Å²) >= 11 is 5.82. The molecule has 22 heavy (non-hydrogen) atoms. The van der Waals surface area contributed by atoms with Gasteiger partial charge in [0.05, 0.1) is 22.0 Å². The molecule has 1 aliphatic heterocycles. The van der Waals surface area contributed by atoms with Crippen LogP contribution in [0.5, 0.6) is 0 Å². The van der Waals surface area contributed by atoms with Crippen molar-refractivity contribution >= 4 is 42.9 Å². The second-order valence-corrected chi connectivity index (χ2v) is 8.14. The van der Waals surface area contributed by atoms with Gasteiger partial charge in [-0.15, -0.1) is 0 Å². The van der Waals surface area contributed by atoms with Crippen LogP contribution in [0.3, 0.4) is 0 Å². The maximum absolute atomic E-state index is 13.1. The van der Waals surface area contributed by atoms with Crippen LogP contribution in [-0.4, -0.2) is 26.6 Å². The van der Waals surface area contributed by atoms with Crippen molar-refractivity contribution in [1.29, 1.82) is 0 Å². The lowest BCUT2D eigenvalue weighted by atomic mass is 10.1. The minimum Gasteiger partial charge on any atom is -0.310 e. The van der Waals surface area contributed by atoms with Crippen molar-refractivity contribution in [2.45, 2.75) is 12.6 Å². The Labute approximate surface area is 134 Å². The highest BCUT2D eigenvalue weighted by Gasteiger charge is 2.41. The van der Waals surface area contributed by atoms with E-state index in [9.17, 15) is 26.4 Å². The second kappa shape index (κ2) is 5.90. The molecule has 1 fully saturated rings. The summed E-state index contributed by atoms with van der Waals surface area (Å²) in [5, 5.41) is -0.224. The van der Waals surface area contributed by atoms with Crippen LogP contribution in [0, 0.1) is 5.92 Å². The van der Waals surface area contributed by atoms with Crippen molar-refractivity contribution in [2.75, 3.05) is 17.2 Å². The van der Waals surface area contributed by atoms with E-state index in [4.69, 9.17) is 22.3 Å². The predicted molar refractivity (Wildman–Crippen MR) is 76.6 cm³/mol. The number of carbonyl (C=O) groups is 1. The van der Waals surface area contributed by atoms with E-state index in [1.165, 1.54) is 6.07 Å². The number of halogens is 5. The Morgan fingerprint density at radius 2 is 1.95 bits per heavy atom. The lowest BCUT2D eigenvalue weighted by molar-refractivity contribution is -0.137. The standard InChI is InChI=1S/C12H10Cl2F3NO3S/c13-9-3-1-2-8(12(15,16)17)11(9)18-5-7(4-10(18)19)6-22(14,20)21/h1-3,7H,4-6H2. The fourth-order valence-corrected chi connectivity index (χ4v) is 4.01. The molecule has 0 bridgehead atoms. The number of hydrogen-bond donors (Lipinski definition) is 0. The van der Waals surface area contributed by atoms with E-state index < -0.39 is 44.1 Å². The SMILES string of the molecule is O=C1CC(CS(=O)(=O)Cl)CN1c1c(Cl)cccc1C(F)(F)F. The number of amides is 1. The molecular weight excluding hydrogens is 366 g/mol. The third-order valence-electron chi connectivity index (χ3n) is 3.20. The molecule has 0 aromatic heterocycles. The fraction of sp³-hybridized carbons (Fsp3) is 0.417. The van der Waals surface area contributed by atoms with Gasteiger partial charge in [0.25, 0.3) is 0 Å². The normalized spacial score (nSPS) is 19.8. The molecule has 1 amide bonds. The fourth-order valence-electron chi connectivity index (χ4n) is 2.41. The molecule has 1 aromatic rings. The molecule has 1 unspecified atom stereocenters. The minimum atomic E-state index is -4.68. The van der Waals surface area contributed by atoms with Crippen LogP contribution in [0.1, 0.15) is 12.0 Å². The van der Waals surface area contributed by atoms with Gasteiger partial charge >= 0.3 is 6.18 Å². The van der Waals surface area contributed by atoms with Crippen LogP contribution in [0.4, 0.5) is 18.9 Å². The largest absolute Gasteiger partial charge is 0.418 e. The second-order valence-electron chi connectivity index (χ2n) is 4.91. The zero-order chi connectivity index (χ0) is 16.7. The van der Waals surface area contributed by atoms with Crippen molar-refractivity contribution < 1.29 is 26.4 Å². The van der Waals surface area contributed by atoms with E-state index in [-0.39, 0.29) is 18.0 Å². The Morgan fingerprint density at radius 3 is 2.50 bits per heavy atom. The summed E-state index contributed by atoms with van der Waals surface area (Å²) in [7, 11) is 1.28. The summed E-state index contributed by atoms with van der Waals surface area (Å²) in [5.74, 6) is -1.78. The first kappa shape index (κ1) is 17.4. The van der Waals surface area contributed by atoms with Crippen LogP contribution < -0.4 is 4.90 Å². The highest BCUT2D eigenvalue weighted by Crippen LogP contribution is 2.42. The number of hydrogen-bond acceptors (Lipinski definition) is 3. The number of rotatable bonds is 3. The number of alkyl halides is 3. The molecule has 1 atom stereocenters. The van der Waals surface area contributed by atoms with Gasteiger partial charge < -0.3 is 4.90 Å². The molecule has 2 rings (SSSR count). The lowest BCUT2D eigenvalue weighted by Crippen LogP contribution is -2.28. The Morgan fingerprint density at radius 1 is 1.32 bits per heavy atom. The van der Waals surface area contributed by atoms with Crippen molar-refractivity contribution in [1.82, 2.24) is 0 Å². The summed E-state index contributed by atoms with van der Waals surface area (Å²) in [5.41, 5.74) is -1.49. The Hall–Kier alpha value is -0.990. The number of benzene rings is 1. The van der Waals surface area contributed by atoms with Crippen LogP contribution in [0.2, 0.25) is 5.02 Å². The van der Waals surface area contributed by atoms with Crippen molar-refractivity contribution in [2.24, 2.45) is 5.92 Å². The first-order chi connectivity index (χ1) is 9.99. The quantitative estimate of drug-likeness (QED) is 0.761. The van der Waals surface area contributed by atoms with Crippen molar-refractivity contribution in [3.8, 4) is 0 Å². The Balaban J connectivity index is 2.39. The topological polar surface area (TPSA) is 54.5 Å². The number of para-hydroxylation sites is 1. The minimum absolute atomic E-state index is 0.183. The molecule has 1 aliphatic rings. The summed E-state index contributed by atoms with van der Waals surface area (Å²) in [6.07, 6.45) is -4.88. The zero-order valence-corrected chi connectivity index (χ0v) is 13.2. The molecule has 1 saturated heterocycles. The van der Waals surface area contributed by atoms with E-state index in [0.29, 0.717) is 0 Å². The van der Waals surface area contributed by atoms with E-state index in [0.717, 1.165) is 17.0 Å². The highest BCUT2D eigenvalue weighted by atomic mass is 35.7. The summed E-state index contributed by atoms with van der Waals surface area (Å²) in [6, 6.07) is 3.20. The molecule has 1 aromatic carbocycles. The van der Waals surface area contributed by atoms with Crippen molar-refractivity contribution in [3.63, 3.8) is 0 Å². The monoisotopic (exact) mass is 375 g/mol. The molecule has 1 heterocycles. The first-order valence-corrected chi connectivity index (χ1v) is 8.93. The molecule has 0 spiro atoms. The smallest absolute Gasteiger partial charge is 0.310 e. The highest BCUT2D eigenvalue weighted by molar-refractivity contribution is 8.13. The van der Waals surface area contributed by atoms with Crippen LogP contribution in [0.15, 0.2) is 18.2 Å². The molecule has 0 radical (unpaired) electrons. The lowest BCUT2D eigenvalue weighted by Gasteiger charge is -2.22. The van der Waals surface area contributed by atoms with Gasteiger partial charge in [0.1, 0.15) is 0 Å². The van der Waals surface area contributed by atoms with Gasteiger partial charge in [0.2, 0.25) is 15.0 Å². The average molecular weight is 376 g/mol. The number of anilines is 1. The van der Waals surface area contributed by atoms with E-state index >= 15 is 0 Å². The molecule has 4 nitrogen and oxygen atoms in total. The molecule has 0 saturated carbocycles. The number of nitrogens with zero attached hydrogens (tertiary/aromatic N) is 1. The third-order valence-corrected chi connectivity index (χ3v) is 4.75. The van der Waals surface area contributed by atoms with Gasteiger partial charge in [-0.2, -0.15) is 13.2 Å². The maximum atomic E-state index is 13.1. The van der Waals surface area contributed by atoms with Crippen LogP contribution in [-0.2, 0) is 20.0 Å². The van der Waals surface area contributed by atoms with Gasteiger partial charge in [-0.1, -0.05) is 17.7 Å². The molecule has 10 heteroatoms. The van der Waals surface area contributed by atoms with Gasteiger partial charge in [-0.25, -0.2) is 8.42 Å². The summed E-state index contributed by atoms with van der Waals surface area (Å²) < 4.78 is 61.3. The van der Waals surface area contributed by atoms with E-state index in [1.807, 2.05) is 0 Å². The van der Waals surface area contributed by atoms with Crippen molar-refractivity contribution in [3.05, 3.63) is 28.8 Å². The maximum Gasteiger partial charge on any atom is 0.418 e. The average Bonchev–Trinajstić information content (AvgIpc) is 2.65. The molecule has 0 N–H and O–H groups in total. The van der Waals surface area contributed by atoms with E-state index in [1.54, 1.807) is 0 Å². The molecular formula is C12H10Cl2F3NO3S. The first-order valence-electron chi connectivity index (χ1n) is 6.07.